The number of aryl methyl sites for hydroxylation is 2. The first-order valence-electron chi connectivity index (χ1n) is 8.96. The van der Waals surface area contributed by atoms with Crippen LogP contribution in [-0.2, 0) is 16.6 Å². The van der Waals surface area contributed by atoms with Gasteiger partial charge >= 0.3 is 0 Å². The van der Waals surface area contributed by atoms with Crippen LogP contribution in [0.3, 0.4) is 0 Å². The third-order valence-electron chi connectivity index (χ3n) is 3.98. The van der Waals surface area contributed by atoms with Crippen molar-refractivity contribution in [3.05, 3.63) is 65.0 Å². The van der Waals surface area contributed by atoms with Gasteiger partial charge in [0.15, 0.2) is 12.4 Å². The summed E-state index contributed by atoms with van der Waals surface area (Å²) in [5, 5.41) is 8.14. The van der Waals surface area contributed by atoms with Gasteiger partial charge in [-0.2, -0.15) is 0 Å². The van der Waals surface area contributed by atoms with Crippen molar-refractivity contribution >= 4 is 33.3 Å². The molecule has 2 aromatic carbocycles. The molecule has 0 bridgehead atoms. The Labute approximate surface area is 179 Å². The molecular weight excluding hydrogens is 426 g/mol. The normalized spacial score (nSPS) is 11.3. The van der Waals surface area contributed by atoms with Crippen LogP contribution in [0, 0.1) is 13.8 Å². The Morgan fingerprint density at radius 1 is 1.13 bits per heavy atom. The van der Waals surface area contributed by atoms with E-state index in [1.165, 1.54) is 12.1 Å². The summed E-state index contributed by atoms with van der Waals surface area (Å²) in [5.41, 5.74) is 2.96. The van der Waals surface area contributed by atoms with Crippen molar-refractivity contribution in [3.63, 3.8) is 0 Å². The van der Waals surface area contributed by atoms with Gasteiger partial charge in [-0.3, -0.25) is 9.52 Å². The first-order valence-corrected chi connectivity index (χ1v) is 11.8. The number of hydrogen-bond acceptors (Lipinski definition) is 8. The van der Waals surface area contributed by atoms with Gasteiger partial charge in [0, 0.05) is 11.3 Å². The number of ether oxygens (including phenoxy) is 1. The summed E-state index contributed by atoms with van der Waals surface area (Å²) in [5.74, 6) is 1.05. The quantitative estimate of drug-likeness (QED) is 0.391. The van der Waals surface area contributed by atoms with Crippen LogP contribution in [0.15, 0.2) is 52.1 Å². The van der Waals surface area contributed by atoms with Gasteiger partial charge in [-0.1, -0.05) is 23.9 Å². The second kappa shape index (κ2) is 9.31. The van der Waals surface area contributed by atoms with E-state index in [1.54, 1.807) is 12.1 Å². The molecule has 1 aromatic heterocycles. The lowest BCUT2D eigenvalue weighted by molar-refractivity contribution is 0.102. The predicted molar refractivity (Wildman–Crippen MR) is 115 cm³/mol. The van der Waals surface area contributed by atoms with E-state index in [2.05, 4.69) is 14.9 Å². The molecule has 0 aliphatic carbocycles. The maximum Gasteiger partial charge on any atom is 0.277 e. The minimum atomic E-state index is -3.36. The average molecular weight is 448 g/mol. The van der Waals surface area contributed by atoms with Gasteiger partial charge in [0.05, 0.1) is 12.0 Å². The van der Waals surface area contributed by atoms with Crippen molar-refractivity contribution in [2.45, 2.75) is 25.7 Å². The predicted octanol–water partition coefficient (Wildman–Crippen LogP) is 3.61. The molecule has 0 unspecified atom stereocenters. The zero-order valence-corrected chi connectivity index (χ0v) is 18.3. The smallest absolute Gasteiger partial charge is 0.277 e. The number of benzene rings is 2. The highest BCUT2D eigenvalue weighted by Gasteiger charge is 2.13. The Balaban J connectivity index is 1.52. The van der Waals surface area contributed by atoms with Gasteiger partial charge in [0.1, 0.15) is 5.75 Å². The van der Waals surface area contributed by atoms with E-state index in [9.17, 15) is 13.2 Å². The third kappa shape index (κ3) is 6.33. The number of aromatic nitrogens is 2. The van der Waals surface area contributed by atoms with Crippen LogP contribution >= 0.6 is 11.8 Å². The van der Waals surface area contributed by atoms with Gasteiger partial charge in [0.2, 0.25) is 10.0 Å². The number of rotatable bonds is 9. The van der Waals surface area contributed by atoms with Crippen molar-refractivity contribution in [1.29, 1.82) is 0 Å². The molecule has 0 aliphatic heterocycles. The third-order valence-corrected chi connectivity index (χ3v) is 5.40. The Kier molecular flexibility index (Phi) is 6.78. The van der Waals surface area contributed by atoms with Gasteiger partial charge in [-0.05, 0) is 55.3 Å². The number of ketones is 1. The lowest BCUT2D eigenvalue weighted by Crippen LogP contribution is -2.10. The number of thioether (sulfide) groups is 1. The van der Waals surface area contributed by atoms with E-state index in [0.29, 0.717) is 17.1 Å². The van der Waals surface area contributed by atoms with E-state index in [-0.39, 0.29) is 23.4 Å². The van der Waals surface area contributed by atoms with Crippen LogP contribution < -0.4 is 9.46 Å². The fraction of sp³-hybridized carbons (Fsp3) is 0.250. The lowest BCUT2D eigenvalue weighted by atomic mass is 10.1. The van der Waals surface area contributed by atoms with Crippen molar-refractivity contribution in [1.82, 2.24) is 10.2 Å². The molecule has 0 radical (unpaired) electrons. The van der Waals surface area contributed by atoms with Crippen LogP contribution in [-0.4, -0.2) is 36.4 Å². The number of sulfonamides is 1. The van der Waals surface area contributed by atoms with E-state index >= 15 is 0 Å². The van der Waals surface area contributed by atoms with Crippen LogP contribution in [0.1, 0.15) is 27.4 Å². The first kappa shape index (κ1) is 21.8. The maximum absolute atomic E-state index is 12.3. The summed E-state index contributed by atoms with van der Waals surface area (Å²) in [7, 11) is -3.36. The minimum absolute atomic E-state index is 0.109. The topological polar surface area (TPSA) is 111 Å². The molecule has 1 heterocycles. The molecule has 0 atom stereocenters. The molecule has 30 heavy (non-hydrogen) atoms. The van der Waals surface area contributed by atoms with E-state index in [4.69, 9.17) is 9.15 Å². The molecule has 0 amide bonds. The molecule has 0 saturated heterocycles. The average Bonchev–Trinajstić information content (AvgIpc) is 3.14. The number of nitrogens with zero attached hydrogens (tertiary/aromatic N) is 2. The van der Waals surface area contributed by atoms with Crippen LogP contribution in [0.5, 0.6) is 5.75 Å². The number of hydrogen-bond donors (Lipinski definition) is 1. The molecule has 0 aliphatic rings. The molecule has 158 valence electrons. The number of carbonyl (C=O) groups excluding carboxylic acids is 1. The van der Waals surface area contributed by atoms with Crippen LogP contribution in [0.4, 0.5) is 5.69 Å². The minimum Gasteiger partial charge on any atom is -0.484 e. The molecule has 0 saturated carbocycles. The summed E-state index contributed by atoms with van der Waals surface area (Å²) < 4.78 is 36.1. The van der Waals surface area contributed by atoms with E-state index in [0.717, 1.165) is 34.9 Å². The zero-order valence-electron chi connectivity index (χ0n) is 16.7. The zero-order chi connectivity index (χ0) is 21.7. The summed E-state index contributed by atoms with van der Waals surface area (Å²) in [4.78, 5) is 12.3. The molecule has 10 heteroatoms. The molecule has 0 fully saturated rings. The van der Waals surface area contributed by atoms with E-state index in [1.807, 2.05) is 32.0 Å². The molecule has 8 nitrogen and oxygen atoms in total. The highest BCUT2D eigenvalue weighted by atomic mass is 32.2. The van der Waals surface area contributed by atoms with Crippen LogP contribution in [0.25, 0.3) is 0 Å². The standard InChI is InChI=1S/C20H21N3O5S2/c1-13-4-5-14(2)18(10-13)27-11-19-21-22-20(28-19)29-12-17(24)15-6-8-16(9-7-15)23-30(3,25)26/h4-10,23H,11-12H2,1-3H3. The second-order valence-corrected chi connectivity index (χ2v) is 9.36. The Bertz CT molecular complexity index is 1140. The Hall–Kier alpha value is -2.85. The molecule has 1 N–H and O–H groups in total. The largest absolute Gasteiger partial charge is 0.484 e. The summed E-state index contributed by atoms with van der Waals surface area (Å²) in [6, 6.07) is 12.1. The second-order valence-electron chi connectivity index (χ2n) is 6.68. The first-order chi connectivity index (χ1) is 14.2. The molecule has 3 rings (SSSR count). The number of carbonyl (C=O) groups is 1. The molecule has 0 spiro atoms. The van der Waals surface area contributed by atoms with Crippen molar-refractivity contribution < 1.29 is 22.4 Å². The van der Waals surface area contributed by atoms with Gasteiger partial charge in [0.25, 0.3) is 11.1 Å². The SMILES string of the molecule is Cc1ccc(C)c(OCc2nnc(SCC(=O)c3ccc(NS(C)(=O)=O)cc3)o2)c1. The summed E-state index contributed by atoms with van der Waals surface area (Å²) in [6.07, 6.45) is 1.06. The number of Topliss-reactive ketones (excluding diaryl/α,β-unsaturated/α-hetero) is 1. The van der Waals surface area contributed by atoms with Crippen molar-refractivity contribution in [2.24, 2.45) is 0 Å². The Morgan fingerprint density at radius 2 is 1.87 bits per heavy atom. The van der Waals surface area contributed by atoms with Gasteiger partial charge < -0.3 is 9.15 Å². The summed E-state index contributed by atoms with van der Waals surface area (Å²) >= 11 is 1.13. The monoisotopic (exact) mass is 447 g/mol. The fourth-order valence-electron chi connectivity index (χ4n) is 2.51. The van der Waals surface area contributed by atoms with Gasteiger partial charge in [-0.15, -0.1) is 10.2 Å². The highest BCUT2D eigenvalue weighted by Crippen LogP contribution is 2.22. The van der Waals surface area contributed by atoms with Crippen molar-refractivity contribution in [3.8, 4) is 5.75 Å². The number of anilines is 1. The fourth-order valence-corrected chi connectivity index (χ4v) is 3.75. The lowest BCUT2D eigenvalue weighted by Gasteiger charge is -2.07. The molecule has 3 aromatic rings. The Morgan fingerprint density at radius 3 is 2.57 bits per heavy atom. The van der Waals surface area contributed by atoms with Crippen LogP contribution in [0.2, 0.25) is 0 Å². The highest BCUT2D eigenvalue weighted by molar-refractivity contribution is 7.99. The van der Waals surface area contributed by atoms with E-state index < -0.39 is 10.0 Å². The number of nitrogens with one attached hydrogen (secondary N) is 1. The van der Waals surface area contributed by atoms with Crippen molar-refractivity contribution in [2.75, 3.05) is 16.7 Å². The summed E-state index contributed by atoms with van der Waals surface area (Å²) in [6.45, 7) is 4.08. The molecular formula is C20H21N3O5S2. The maximum atomic E-state index is 12.3. The van der Waals surface area contributed by atoms with Gasteiger partial charge in [-0.25, -0.2) is 8.42 Å².